The van der Waals surface area contributed by atoms with Crippen molar-refractivity contribution in [3.63, 3.8) is 0 Å². The molecule has 3 N–H and O–H groups in total. The number of hydrogen-bond donors (Lipinski definition) is 2. The van der Waals surface area contributed by atoms with Crippen LogP contribution in [0.15, 0.2) is 17.1 Å². The number of alkyl halides is 2. The minimum Gasteiger partial charge on any atom is -0.384 e. The lowest BCUT2D eigenvalue weighted by atomic mass is 9.94. The number of aromatic nitrogens is 2. The molecular formula is C11H15F2N3O3. The average Bonchev–Trinajstić information content (AvgIpc) is 2.51. The zero-order chi connectivity index (χ0) is 14.4. The molecule has 0 bridgehead atoms. The van der Waals surface area contributed by atoms with E-state index in [9.17, 15) is 18.7 Å². The van der Waals surface area contributed by atoms with Crippen molar-refractivity contribution < 1.29 is 18.6 Å². The number of ether oxygens (including phenoxy) is 1. The lowest BCUT2D eigenvalue weighted by Gasteiger charge is -2.25. The number of rotatable bonds is 2. The third kappa shape index (κ3) is 2.00. The highest BCUT2D eigenvalue weighted by Crippen LogP contribution is 2.48. The van der Waals surface area contributed by atoms with Crippen molar-refractivity contribution >= 4 is 5.82 Å². The van der Waals surface area contributed by atoms with Gasteiger partial charge in [-0.1, -0.05) is 6.92 Å². The van der Waals surface area contributed by atoms with Crippen LogP contribution in [0.4, 0.5) is 14.6 Å². The van der Waals surface area contributed by atoms with E-state index in [4.69, 9.17) is 10.5 Å². The zero-order valence-electron chi connectivity index (χ0n) is 10.5. The number of nitrogens with two attached hydrogens (primary N) is 1. The molecule has 8 heteroatoms. The molecule has 2 heterocycles. The first kappa shape index (κ1) is 13.9. The second kappa shape index (κ2) is 4.24. The predicted octanol–water partition coefficient (Wildman–Crippen LogP) is 0.519. The minimum absolute atomic E-state index is 0.0682. The van der Waals surface area contributed by atoms with Gasteiger partial charge in [0.1, 0.15) is 5.82 Å². The van der Waals surface area contributed by atoms with Crippen LogP contribution in [0.25, 0.3) is 0 Å². The van der Waals surface area contributed by atoms with Gasteiger partial charge in [0.25, 0.3) is 0 Å². The monoisotopic (exact) mass is 275 g/mol. The van der Waals surface area contributed by atoms with Crippen molar-refractivity contribution in [2.45, 2.75) is 44.1 Å². The van der Waals surface area contributed by atoms with E-state index in [2.05, 4.69) is 4.98 Å². The molecular weight excluding hydrogens is 260 g/mol. The summed E-state index contributed by atoms with van der Waals surface area (Å²) >= 11 is 0. The summed E-state index contributed by atoms with van der Waals surface area (Å²) in [6.45, 7) is 2.99. The van der Waals surface area contributed by atoms with E-state index in [1.54, 1.807) is 6.92 Å². The normalized spacial score (nSPS) is 33.5. The summed E-state index contributed by atoms with van der Waals surface area (Å²) in [5.74, 6) is -3.66. The maximum absolute atomic E-state index is 14.1. The Morgan fingerprint density at radius 1 is 1.63 bits per heavy atom. The fourth-order valence-electron chi connectivity index (χ4n) is 2.06. The van der Waals surface area contributed by atoms with Crippen LogP contribution in [0.3, 0.4) is 0 Å². The molecule has 0 amide bonds. The van der Waals surface area contributed by atoms with Gasteiger partial charge in [0.2, 0.25) is 6.23 Å². The third-order valence-corrected chi connectivity index (χ3v) is 3.46. The van der Waals surface area contributed by atoms with Gasteiger partial charge in [0.05, 0.1) is 5.60 Å². The number of nitrogen functional groups attached to an aromatic ring is 1. The van der Waals surface area contributed by atoms with Gasteiger partial charge in [-0.25, -0.2) is 4.79 Å². The molecule has 0 radical (unpaired) electrons. The Labute approximate surface area is 107 Å². The van der Waals surface area contributed by atoms with Crippen molar-refractivity contribution in [2.75, 3.05) is 5.73 Å². The first-order chi connectivity index (χ1) is 8.72. The first-order valence-corrected chi connectivity index (χ1v) is 5.80. The maximum Gasteiger partial charge on any atom is 0.351 e. The molecule has 1 aliphatic rings. The molecule has 1 aromatic heterocycles. The van der Waals surface area contributed by atoms with E-state index < -0.39 is 29.5 Å². The Bertz CT molecular complexity index is 548. The largest absolute Gasteiger partial charge is 0.384 e. The number of anilines is 1. The van der Waals surface area contributed by atoms with Gasteiger partial charge < -0.3 is 15.6 Å². The highest BCUT2D eigenvalue weighted by atomic mass is 19.3. The fourth-order valence-corrected chi connectivity index (χ4v) is 2.06. The summed E-state index contributed by atoms with van der Waals surface area (Å²) in [7, 11) is 0. The maximum atomic E-state index is 14.1. The summed E-state index contributed by atoms with van der Waals surface area (Å²) in [5.41, 5.74) is 2.93. The van der Waals surface area contributed by atoms with Crippen LogP contribution in [0.1, 0.15) is 26.5 Å². The van der Waals surface area contributed by atoms with Crippen molar-refractivity contribution in [3.05, 3.63) is 22.7 Å². The lowest BCUT2D eigenvalue weighted by molar-refractivity contribution is -0.142. The van der Waals surface area contributed by atoms with Gasteiger partial charge >= 0.3 is 11.6 Å². The Balaban J connectivity index is 2.48. The third-order valence-electron chi connectivity index (χ3n) is 3.46. The summed E-state index contributed by atoms with van der Waals surface area (Å²) in [5, 5.41) is 9.72. The first-order valence-electron chi connectivity index (χ1n) is 5.80. The molecule has 0 aliphatic carbocycles. The van der Waals surface area contributed by atoms with E-state index in [0.29, 0.717) is 4.57 Å². The standard InChI is InChI=1S/C11H15F2N3O3/c1-3-10(2)7(17)11(12,13)8(19-10)16-5-4-6(14)15-9(16)18/h4-5,7-8,17H,3H2,1-2H3,(H2,14,15,18)/t7-,8-,10-/m1/s1. The van der Waals surface area contributed by atoms with Gasteiger partial charge in [-0.05, 0) is 19.4 Å². The highest BCUT2D eigenvalue weighted by molar-refractivity contribution is 5.23. The quantitative estimate of drug-likeness (QED) is 0.821. The van der Waals surface area contributed by atoms with Gasteiger partial charge in [0, 0.05) is 6.20 Å². The molecule has 3 atom stereocenters. The van der Waals surface area contributed by atoms with E-state index in [0.717, 1.165) is 6.20 Å². The van der Waals surface area contributed by atoms with Crippen LogP contribution in [-0.4, -0.2) is 32.3 Å². The summed E-state index contributed by atoms with van der Waals surface area (Å²) < 4.78 is 34.0. The van der Waals surface area contributed by atoms with Crippen LogP contribution in [0.5, 0.6) is 0 Å². The summed E-state index contributed by atoms with van der Waals surface area (Å²) in [4.78, 5) is 15.0. The Kier molecular flexibility index (Phi) is 3.10. The molecule has 0 unspecified atom stereocenters. The van der Waals surface area contributed by atoms with Crippen molar-refractivity contribution in [2.24, 2.45) is 0 Å². The minimum atomic E-state index is -3.59. The molecule has 1 fully saturated rings. The second-order valence-electron chi connectivity index (χ2n) is 4.76. The zero-order valence-corrected chi connectivity index (χ0v) is 10.5. The van der Waals surface area contributed by atoms with E-state index in [-0.39, 0.29) is 12.2 Å². The molecule has 1 saturated heterocycles. The summed E-state index contributed by atoms with van der Waals surface area (Å²) in [6.07, 6.45) is -2.64. The second-order valence-corrected chi connectivity index (χ2v) is 4.76. The van der Waals surface area contributed by atoms with Crippen molar-refractivity contribution in [3.8, 4) is 0 Å². The van der Waals surface area contributed by atoms with Crippen LogP contribution in [-0.2, 0) is 4.74 Å². The number of halogens is 2. The van der Waals surface area contributed by atoms with Crippen LogP contribution >= 0.6 is 0 Å². The van der Waals surface area contributed by atoms with Crippen LogP contribution < -0.4 is 11.4 Å². The fraction of sp³-hybridized carbons (Fsp3) is 0.636. The van der Waals surface area contributed by atoms with E-state index >= 15 is 0 Å². The predicted molar refractivity (Wildman–Crippen MR) is 62.7 cm³/mol. The van der Waals surface area contributed by atoms with Crippen molar-refractivity contribution in [1.29, 1.82) is 0 Å². The number of nitrogens with zero attached hydrogens (tertiary/aromatic N) is 2. The molecule has 6 nitrogen and oxygen atoms in total. The highest BCUT2D eigenvalue weighted by Gasteiger charge is 2.64. The van der Waals surface area contributed by atoms with Gasteiger partial charge in [-0.3, -0.25) is 4.57 Å². The number of hydrogen-bond acceptors (Lipinski definition) is 5. The van der Waals surface area contributed by atoms with Gasteiger partial charge in [-0.15, -0.1) is 0 Å². The molecule has 1 aromatic rings. The molecule has 1 aliphatic heterocycles. The smallest absolute Gasteiger partial charge is 0.351 e. The van der Waals surface area contributed by atoms with Gasteiger partial charge in [0.15, 0.2) is 6.10 Å². The topological polar surface area (TPSA) is 90.4 Å². The molecule has 106 valence electrons. The van der Waals surface area contributed by atoms with Crippen LogP contribution in [0, 0.1) is 0 Å². The Hall–Kier alpha value is -1.54. The summed E-state index contributed by atoms with van der Waals surface area (Å²) in [6, 6.07) is 1.22. The molecule has 0 spiro atoms. The van der Waals surface area contributed by atoms with Crippen molar-refractivity contribution in [1.82, 2.24) is 9.55 Å². The average molecular weight is 275 g/mol. The van der Waals surface area contributed by atoms with Gasteiger partial charge in [-0.2, -0.15) is 13.8 Å². The molecule has 0 saturated carbocycles. The molecule has 2 rings (SSSR count). The van der Waals surface area contributed by atoms with E-state index in [1.807, 2.05) is 0 Å². The Morgan fingerprint density at radius 2 is 2.26 bits per heavy atom. The van der Waals surface area contributed by atoms with E-state index in [1.165, 1.54) is 13.0 Å². The Morgan fingerprint density at radius 3 is 2.74 bits per heavy atom. The SMILES string of the molecule is CC[C@@]1(C)O[C@@H](n2ccc(N)nc2=O)C(F)(F)[C@@H]1O. The molecule has 19 heavy (non-hydrogen) atoms. The molecule has 0 aromatic carbocycles. The lowest BCUT2D eigenvalue weighted by Crippen LogP contribution is -2.44. The number of aliphatic hydroxyl groups excluding tert-OH is 1. The van der Waals surface area contributed by atoms with Crippen LogP contribution in [0.2, 0.25) is 0 Å². The number of aliphatic hydroxyl groups is 1.